The highest BCUT2D eigenvalue weighted by Gasteiger charge is 2.42. The lowest BCUT2D eigenvalue weighted by Gasteiger charge is -2.06. The van der Waals surface area contributed by atoms with E-state index < -0.39 is 23.9 Å². The molecule has 0 atom stereocenters. The van der Waals surface area contributed by atoms with Crippen molar-refractivity contribution in [1.29, 1.82) is 0 Å². The van der Waals surface area contributed by atoms with E-state index in [4.69, 9.17) is 0 Å². The molecule has 4 nitrogen and oxygen atoms in total. The van der Waals surface area contributed by atoms with Crippen LogP contribution in [0.4, 0.5) is 13.2 Å². The lowest BCUT2D eigenvalue weighted by atomic mass is 10.5. The van der Waals surface area contributed by atoms with Crippen LogP contribution in [-0.2, 0) is 19.1 Å². The summed E-state index contributed by atoms with van der Waals surface area (Å²) >= 11 is 0. The normalized spacial score (nSPS) is 10.5. The van der Waals surface area contributed by atoms with Gasteiger partial charge in [0.05, 0.1) is 7.11 Å². The minimum absolute atomic E-state index is 0.912. The first-order valence-corrected chi connectivity index (χ1v) is 2.85. The maximum absolute atomic E-state index is 11.5. The molecule has 74 valence electrons. The topological polar surface area (TPSA) is 52.6 Å². The van der Waals surface area contributed by atoms with E-state index in [9.17, 15) is 22.8 Å². The minimum Gasteiger partial charge on any atom is -0.463 e. The quantitative estimate of drug-likeness (QED) is 0.373. The minimum atomic E-state index is -5.16. The van der Waals surface area contributed by atoms with Gasteiger partial charge in [0.15, 0.2) is 0 Å². The van der Waals surface area contributed by atoms with E-state index in [0.29, 0.717) is 0 Å². The standard InChI is InChI=1S/C6H5F3O4/c1-3(4(10)12-2)13-5(11)6(7,8)9/h1H2,2H3. The Kier molecular flexibility index (Phi) is 3.46. The molecule has 0 fully saturated rings. The van der Waals surface area contributed by atoms with Crippen LogP contribution < -0.4 is 0 Å². The number of halogens is 3. The summed E-state index contributed by atoms with van der Waals surface area (Å²) in [6.07, 6.45) is -5.16. The first-order chi connectivity index (χ1) is 5.79. The second-order valence-electron chi connectivity index (χ2n) is 1.80. The third-order valence-electron chi connectivity index (χ3n) is 0.860. The molecule has 0 heterocycles. The van der Waals surface area contributed by atoms with E-state index in [1.165, 1.54) is 0 Å². The van der Waals surface area contributed by atoms with Crippen molar-refractivity contribution in [2.24, 2.45) is 0 Å². The highest BCUT2D eigenvalue weighted by molar-refractivity contribution is 5.89. The number of methoxy groups -OCH3 is 1. The molecule has 13 heavy (non-hydrogen) atoms. The highest BCUT2D eigenvalue weighted by Crippen LogP contribution is 2.18. The van der Waals surface area contributed by atoms with Crippen LogP contribution in [-0.4, -0.2) is 25.2 Å². The Bertz CT molecular complexity index is 243. The molecule has 7 heteroatoms. The van der Waals surface area contributed by atoms with E-state index in [1.807, 2.05) is 0 Å². The number of hydrogen-bond donors (Lipinski definition) is 0. The molecule has 0 saturated heterocycles. The molecule has 0 amide bonds. The van der Waals surface area contributed by atoms with Gasteiger partial charge in [-0.05, 0) is 6.58 Å². The zero-order chi connectivity index (χ0) is 10.6. The van der Waals surface area contributed by atoms with Crippen LogP contribution in [0.5, 0.6) is 0 Å². The first-order valence-electron chi connectivity index (χ1n) is 2.85. The largest absolute Gasteiger partial charge is 0.491 e. The fourth-order valence-electron chi connectivity index (χ4n) is 0.325. The molecular formula is C6H5F3O4. The third-order valence-corrected chi connectivity index (χ3v) is 0.860. The number of hydrogen-bond acceptors (Lipinski definition) is 4. The number of alkyl halides is 3. The van der Waals surface area contributed by atoms with Crippen molar-refractivity contribution >= 4 is 11.9 Å². The monoisotopic (exact) mass is 198 g/mol. The van der Waals surface area contributed by atoms with E-state index in [1.54, 1.807) is 0 Å². The smallest absolute Gasteiger partial charge is 0.463 e. The molecular weight excluding hydrogens is 193 g/mol. The van der Waals surface area contributed by atoms with Crippen LogP contribution in [0.1, 0.15) is 0 Å². The van der Waals surface area contributed by atoms with Crippen LogP contribution in [0, 0.1) is 0 Å². The fourth-order valence-corrected chi connectivity index (χ4v) is 0.325. The van der Waals surface area contributed by atoms with Gasteiger partial charge in [0.25, 0.3) is 0 Å². The van der Waals surface area contributed by atoms with Crippen molar-refractivity contribution in [1.82, 2.24) is 0 Å². The van der Waals surface area contributed by atoms with Gasteiger partial charge >= 0.3 is 18.1 Å². The molecule has 0 aliphatic rings. The average Bonchev–Trinajstić information content (AvgIpc) is 2.01. The Morgan fingerprint density at radius 1 is 1.31 bits per heavy atom. The van der Waals surface area contributed by atoms with E-state index in [-0.39, 0.29) is 0 Å². The van der Waals surface area contributed by atoms with Crippen molar-refractivity contribution < 1.29 is 32.2 Å². The molecule has 0 aromatic heterocycles. The average molecular weight is 198 g/mol. The fraction of sp³-hybridized carbons (Fsp3) is 0.333. The Balaban J connectivity index is 4.24. The first kappa shape index (κ1) is 11.5. The second-order valence-corrected chi connectivity index (χ2v) is 1.80. The summed E-state index contributed by atoms with van der Waals surface area (Å²) in [5.74, 6) is -4.76. The zero-order valence-corrected chi connectivity index (χ0v) is 6.47. The Labute approximate surface area is 70.9 Å². The van der Waals surface area contributed by atoms with Gasteiger partial charge in [0.2, 0.25) is 5.76 Å². The van der Waals surface area contributed by atoms with Gasteiger partial charge in [0, 0.05) is 0 Å². The van der Waals surface area contributed by atoms with Gasteiger partial charge < -0.3 is 9.47 Å². The molecule has 0 spiro atoms. The molecule has 0 aromatic carbocycles. The highest BCUT2D eigenvalue weighted by atomic mass is 19.4. The maximum Gasteiger partial charge on any atom is 0.491 e. The zero-order valence-electron chi connectivity index (χ0n) is 6.47. The molecule has 0 radical (unpaired) electrons. The third kappa shape index (κ3) is 3.59. The Hall–Kier alpha value is -1.53. The lowest BCUT2D eigenvalue weighted by molar-refractivity contribution is -0.196. The van der Waals surface area contributed by atoms with Crippen molar-refractivity contribution in [2.75, 3.05) is 7.11 Å². The molecule has 0 bridgehead atoms. The molecule has 0 unspecified atom stereocenters. The summed E-state index contributed by atoms with van der Waals surface area (Å²) in [5, 5.41) is 0. The molecule has 0 saturated carbocycles. The van der Waals surface area contributed by atoms with Crippen molar-refractivity contribution in [3.05, 3.63) is 12.3 Å². The summed E-state index contributed by atoms with van der Waals surface area (Å²) in [4.78, 5) is 20.5. The number of ether oxygens (including phenoxy) is 2. The van der Waals surface area contributed by atoms with Gasteiger partial charge in [-0.25, -0.2) is 9.59 Å². The van der Waals surface area contributed by atoms with Crippen LogP contribution in [0.3, 0.4) is 0 Å². The molecule has 0 rings (SSSR count). The Morgan fingerprint density at radius 3 is 2.08 bits per heavy atom. The van der Waals surface area contributed by atoms with E-state index in [2.05, 4.69) is 16.1 Å². The van der Waals surface area contributed by atoms with Crippen LogP contribution in [0.15, 0.2) is 12.3 Å². The Morgan fingerprint density at radius 2 is 1.77 bits per heavy atom. The molecule has 0 aliphatic carbocycles. The second kappa shape index (κ2) is 3.92. The van der Waals surface area contributed by atoms with Crippen molar-refractivity contribution in [3.63, 3.8) is 0 Å². The number of carbonyl (C=O) groups excluding carboxylic acids is 2. The molecule has 0 N–H and O–H groups in total. The van der Waals surface area contributed by atoms with Gasteiger partial charge in [-0.2, -0.15) is 13.2 Å². The van der Waals surface area contributed by atoms with Crippen LogP contribution >= 0.6 is 0 Å². The summed E-state index contributed by atoms with van der Waals surface area (Å²) in [5.41, 5.74) is 0. The van der Waals surface area contributed by atoms with Gasteiger partial charge in [0.1, 0.15) is 0 Å². The van der Waals surface area contributed by atoms with E-state index in [0.717, 1.165) is 7.11 Å². The van der Waals surface area contributed by atoms with Gasteiger partial charge in [-0.1, -0.05) is 0 Å². The summed E-state index contributed by atoms with van der Waals surface area (Å²) < 4.78 is 42.0. The van der Waals surface area contributed by atoms with Crippen LogP contribution in [0.2, 0.25) is 0 Å². The number of esters is 2. The summed E-state index contributed by atoms with van der Waals surface area (Å²) in [6.45, 7) is 2.76. The van der Waals surface area contributed by atoms with Crippen LogP contribution in [0.25, 0.3) is 0 Å². The summed E-state index contributed by atoms with van der Waals surface area (Å²) in [7, 11) is 0.912. The molecule has 0 aromatic rings. The molecule has 0 aliphatic heterocycles. The van der Waals surface area contributed by atoms with Gasteiger partial charge in [-0.15, -0.1) is 0 Å². The number of rotatable bonds is 2. The number of carbonyl (C=O) groups is 2. The summed E-state index contributed by atoms with van der Waals surface area (Å²) in [6, 6.07) is 0. The predicted octanol–water partition coefficient (Wildman–Crippen LogP) is 0.779. The van der Waals surface area contributed by atoms with Gasteiger partial charge in [-0.3, -0.25) is 0 Å². The maximum atomic E-state index is 11.5. The predicted molar refractivity (Wildman–Crippen MR) is 33.3 cm³/mol. The van der Waals surface area contributed by atoms with E-state index >= 15 is 0 Å². The van der Waals surface area contributed by atoms with Crippen molar-refractivity contribution in [2.45, 2.75) is 6.18 Å². The van der Waals surface area contributed by atoms with Crippen molar-refractivity contribution in [3.8, 4) is 0 Å². The SMILES string of the molecule is C=C(OC(=O)C(F)(F)F)C(=O)OC. The lowest BCUT2D eigenvalue weighted by Crippen LogP contribution is -2.26.